The van der Waals surface area contributed by atoms with Crippen molar-refractivity contribution in [1.82, 2.24) is 0 Å². The molecule has 0 aliphatic carbocycles. The maximum atomic E-state index is 9.60. The van der Waals surface area contributed by atoms with E-state index in [1.807, 2.05) is 19.9 Å². The van der Waals surface area contributed by atoms with Gasteiger partial charge in [-0.05, 0) is 13.8 Å². The Hall–Kier alpha value is -1.01. The first-order valence-corrected chi connectivity index (χ1v) is 3.24. The first-order valence-electron chi connectivity index (χ1n) is 3.24. The Kier molecular flexibility index (Phi) is 5.50. The smallest absolute Gasteiger partial charge is 0.166 e. The number of allylic oxidation sites excluding steroid dienone is 1. The minimum Gasteiger partial charge on any atom is -0.489 e. The van der Waals surface area contributed by atoms with Gasteiger partial charge in [-0.1, -0.05) is 11.6 Å². The van der Waals surface area contributed by atoms with Gasteiger partial charge in [-0.15, -0.1) is 0 Å². The maximum absolute atomic E-state index is 9.60. The first kappa shape index (κ1) is 8.99. The summed E-state index contributed by atoms with van der Waals surface area (Å²) >= 11 is 0. The average molecular weight is 140 g/mol. The zero-order valence-electron chi connectivity index (χ0n) is 6.39. The first-order chi connectivity index (χ1) is 4.81. The van der Waals surface area contributed by atoms with Crippen LogP contribution >= 0.6 is 0 Å². The number of carbonyl (C=O) groups excluding carboxylic acids is 1. The monoisotopic (exact) mass is 140 g/mol. The molecule has 0 saturated heterocycles. The van der Waals surface area contributed by atoms with Gasteiger partial charge in [0.05, 0.1) is 6.61 Å². The summed E-state index contributed by atoms with van der Waals surface area (Å²) in [7, 11) is 0. The minimum absolute atomic E-state index is 0.561. The van der Waals surface area contributed by atoms with Gasteiger partial charge in [0.2, 0.25) is 0 Å². The van der Waals surface area contributed by atoms with E-state index in [1.165, 1.54) is 5.57 Å². The fourth-order valence-corrected chi connectivity index (χ4v) is 0.457. The van der Waals surface area contributed by atoms with Crippen molar-refractivity contribution in [2.24, 2.45) is 0 Å². The molecule has 0 aliphatic heterocycles. The van der Waals surface area contributed by atoms with Crippen molar-refractivity contribution in [3.05, 3.63) is 17.9 Å². The standard InChI is InChI=1S/C8H12O2/c1-3-8(2)4-6-10-7-5-9/h3,7H,4,6H2,1-2H3/b8-3-. The van der Waals surface area contributed by atoms with Crippen molar-refractivity contribution >= 4 is 5.94 Å². The molecule has 10 heavy (non-hydrogen) atoms. The second-order valence-electron chi connectivity index (χ2n) is 1.99. The highest BCUT2D eigenvalue weighted by Crippen LogP contribution is 1.98. The third kappa shape index (κ3) is 5.13. The molecule has 0 saturated carbocycles. The van der Waals surface area contributed by atoms with Gasteiger partial charge in [-0.2, -0.15) is 0 Å². The summed E-state index contributed by atoms with van der Waals surface area (Å²) in [5, 5.41) is 0. The Morgan fingerprint density at radius 2 is 2.40 bits per heavy atom. The number of ether oxygens (including phenoxy) is 1. The van der Waals surface area contributed by atoms with Crippen molar-refractivity contribution in [3.63, 3.8) is 0 Å². The molecule has 0 radical (unpaired) electrons. The zero-order valence-corrected chi connectivity index (χ0v) is 6.39. The molecule has 2 nitrogen and oxygen atoms in total. The van der Waals surface area contributed by atoms with Gasteiger partial charge in [0.15, 0.2) is 12.2 Å². The Balaban J connectivity index is 3.28. The largest absolute Gasteiger partial charge is 0.489 e. The predicted octanol–water partition coefficient (Wildman–Crippen LogP) is 1.70. The summed E-state index contributed by atoms with van der Waals surface area (Å²) in [4.78, 5) is 9.60. The molecule has 0 heterocycles. The summed E-state index contributed by atoms with van der Waals surface area (Å²) in [6, 6.07) is 0. The minimum atomic E-state index is 0.561. The summed E-state index contributed by atoms with van der Waals surface area (Å²) in [5.41, 5.74) is 1.26. The van der Waals surface area contributed by atoms with Crippen LogP contribution in [0, 0.1) is 0 Å². The van der Waals surface area contributed by atoms with Gasteiger partial charge >= 0.3 is 0 Å². The van der Waals surface area contributed by atoms with Crippen LogP contribution in [-0.4, -0.2) is 12.5 Å². The lowest BCUT2D eigenvalue weighted by molar-refractivity contribution is 0.255. The van der Waals surface area contributed by atoms with Crippen molar-refractivity contribution in [3.8, 4) is 0 Å². The van der Waals surface area contributed by atoms with Gasteiger partial charge in [0.25, 0.3) is 0 Å². The average Bonchev–Trinajstić information content (AvgIpc) is 1.98. The van der Waals surface area contributed by atoms with Crippen molar-refractivity contribution in [2.45, 2.75) is 20.3 Å². The van der Waals surface area contributed by atoms with E-state index in [1.54, 1.807) is 5.94 Å². The molecular weight excluding hydrogens is 128 g/mol. The summed E-state index contributed by atoms with van der Waals surface area (Å²) in [5.74, 6) is 1.54. The van der Waals surface area contributed by atoms with E-state index in [9.17, 15) is 4.79 Å². The number of hydrogen-bond donors (Lipinski definition) is 0. The van der Waals surface area contributed by atoms with Crippen LogP contribution in [0.15, 0.2) is 17.9 Å². The molecule has 0 aliphatic rings. The molecule has 0 unspecified atom stereocenters. The topological polar surface area (TPSA) is 26.3 Å². The van der Waals surface area contributed by atoms with Crippen LogP contribution in [0.2, 0.25) is 0 Å². The lowest BCUT2D eigenvalue weighted by Gasteiger charge is -1.97. The van der Waals surface area contributed by atoms with Crippen LogP contribution < -0.4 is 0 Å². The summed E-state index contributed by atoms with van der Waals surface area (Å²) in [6.07, 6.45) is 3.94. The van der Waals surface area contributed by atoms with Gasteiger partial charge in [-0.3, -0.25) is 0 Å². The molecule has 0 N–H and O–H groups in total. The highest BCUT2D eigenvalue weighted by Gasteiger charge is 1.85. The van der Waals surface area contributed by atoms with Crippen LogP contribution in [-0.2, 0) is 9.53 Å². The zero-order chi connectivity index (χ0) is 7.82. The molecule has 0 fully saturated rings. The van der Waals surface area contributed by atoms with E-state index in [2.05, 4.69) is 0 Å². The van der Waals surface area contributed by atoms with E-state index in [0.29, 0.717) is 6.61 Å². The SMILES string of the molecule is C/C=C(/C)CCOC=C=O. The molecule has 0 aromatic heterocycles. The van der Waals surface area contributed by atoms with E-state index in [0.717, 1.165) is 12.7 Å². The van der Waals surface area contributed by atoms with Crippen LogP contribution in [0.5, 0.6) is 0 Å². The summed E-state index contributed by atoms with van der Waals surface area (Å²) in [6.45, 7) is 4.56. The van der Waals surface area contributed by atoms with Crippen LogP contribution in [0.25, 0.3) is 0 Å². The highest BCUT2D eigenvalue weighted by atomic mass is 16.5. The highest BCUT2D eigenvalue weighted by molar-refractivity contribution is 5.42. The summed E-state index contributed by atoms with van der Waals surface area (Å²) < 4.78 is 4.77. The Morgan fingerprint density at radius 1 is 1.70 bits per heavy atom. The molecule has 0 aromatic carbocycles. The molecule has 0 bridgehead atoms. The quantitative estimate of drug-likeness (QED) is 0.257. The molecular formula is C8H12O2. The third-order valence-corrected chi connectivity index (χ3v) is 1.24. The Morgan fingerprint density at radius 3 is 2.90 bits per heavy atom. The molecule has 0 aromatic rings. The second kappa shape index (κ2) is 6.12. The predicted molar refractivity (Wildman–Crippen MR) is 40.3 cm³/mol. The van der Waals surface area contributed by atoms with Gasteiger partial charge in [0, 0.05) is 6.42 Å². The lowest BCUT2D eigenvalue weighted by atomic mass is 10.2. The van der Waals surface area contributed by atoms with Crippen LogP contribution in [0.1, 0.15) is 20.3 Å². The molecule has 56 valence electrons. The van der Waals surface area contributed by atoms with E-state index in [-0.39, 0.29) is 0 Å². The van der Waals surface area contributed by atoms with E-state index >= 15 is 0 Å². The third-order valence-electron chi connectivity index (χ3n) is 1.24. The van der Waals surface area contributed by atoms with Gasteiger partial charge in [-0.25, -0.2) is 4.79 Å². The Bertz CT molecular complexity index is 153. The normalized spacial score (nSPS) is 10.4. The molecule has 0 atom stereocenters. The van der Waals surface area contributed by atoms with E-state index in [4.69, 9.17) is 4.74 Å². The Labute approximate surface area is 61.2 Å². The molecule has 0 amide bonds. The number of hydrogen-bond acceptors (Lipinski definition) is 2. The van der Waals surface area contributed by atoms with E-state index < -0.39 is 0 Å². The molecule has 2 heteroatoms. The fourth-order valence-electron chi connectivity index (χ4n) is 0.457. The van der Waals surface area contributed by atoms with Crippen molar-refractivity contribution < 1.29 is 9.53 Å². The van der Waals surface area contributed by atoms with Gasteiger partial charge in [0.1, 0.15) is 0 Å². The molecule has 0 spiro atoms. The number of rotatable bonds is 4. The van der Waals surface area contributed by atoms with Crippen LogP contribution in [0.3, 0.4) is 0 Å². The lowest BCUT2D eigenvalue weighted by Crippen LogP contribution is -1.87. The van der Waals surface area contributed by atoms with Crippen molar-refractivity contribution in [1.29, 1.82) is 0 Å². The molecule has 0 rings (SSSR count). The second-order valence-corrected chi connectivity index (χ2v) is 1.99. The van der Waals surface area contributed by atoms with Gasteiger partial charge < -0.3 is 4.74 Å². The van der Waals surface area contributed by atoms with Crippen LogP contribution in [0.4, 0.5) is 0 Å². The maximum Gasteiger partial charge on any atom is 0.166 e. The van der Waals surface area contributed by atoms with Crippen molar-refractivity contribution in [2.75, 3.05) is 6.61 Å². The fraction of sp³-hybridized carbons (Fsp3) is 0.500.